The zero-order valence-corrected chi connectivity index (χ0v) is 24.5. The summed E-state index contributed by atoms with van der Waals surface area (Å²) in [5.41, 5.74) is 1.50. The van der Waals surface area contributed by atoms with Gasteiger partial charge in [-0.2, -0.15) is 0 Å². The number of carboxylic acid groups (broad SMARTS) is 1. The second-order valence-corrected chi connectivity index (χ2v) is 11.3. The topological polar surface area (TPSA) is 99.1 Å². The van der Waals surface area contributed by atoms with Gasteiger partial charge in [0.2, 0.25) is 0 Å². The van der Waals surface area contributed by atoms with E-state index in [9.17, 15) is 14.4 Å². The van der Waals surface area contributed by atoms with Gasteiger partial charge in [-0.15, -0.1) is 0 Å². The summed E-state index contributed by atoms with van der Waals surface area (Å²) in [5, 5.41) is 12.3. The lowest BCUT2D eigenvalue weighted by Crippen LogP contribution is -2.48. The smallest absolute Gasteiger partial charge is 0.305 e. The summed E-state index contributed by atoms with van der Waals surface area (Å²) in [6.45, 7) is 8.49. The van der Waals surface area contributed by atoms with Gasteiger partial charge in [-0.25, -0.2) is 0 Å². The van der Waals surface area contributed by atoms with Crippen LogP contribution in [0.25, 0.3) is 0 Å². The molecule has 1 heterocycles. The predicted molar refractivity (Wildman–Crippen MR) is 156 cm³/mol. The van der Waals surface area contributed by atoms with Crippen LogP contribution in [0.5, 0.6) is 0 Å². The molecule has 2 N–H and O–H groups in total. The van der Waals surface area contributed by atoms with E-state index in [1.807, 2.05) is 24.0 Å². The average molecular weight is 575 g/mol. The fourth-order valence-electron chi connectivity index (χ4n) is 5.39. The van der Waals surface area contributed by atoms with E-state index in [4.69, 9.17) is 33.3 Å². The first kappa shape index (κ1) is 30.6. The minimum atomic E-state index is -0.971. The second kappa shape index (κ2) is 13.4. The van der Waals surface area contributed by atoms with Gasteiger partial charge >= 0.3 is 5.97 Å². The number of nitrogens with zero attached hydrogens (tertiary/aromatic N) is 2. The molecule has 3 atom stereocenters. The van der Waals surface area contributed by atoms with Crippen molar-refractivity contribution in [2.75, 3.05) is 6.54 Å². The summed E-state index contributed by atoms with van der Waals surface area (Å²) in [5.74, 6) is -1.14. The first-order valence-electron chi connectivity index (χ1n) is 13.5. The number of aliphatic imine (C=N–C) groups is 1. The molecule has 7 nitrogen and oxygen atoms in total. The van der Waals surface area contributed by atoms with E-state index in [1.54, 1.807) is 30.3 Å². The summed E-state index contributed by atoms with van der Waals surface area (Å²) < 4.78 is 0. The Balaban J connectivity index is 1.98. The van der Waals surface area contributed by atoms with E-state index in [2.05, 4.69) is 26.1 Å². The van der Waals surface area contributed by atoms with Crippen molar-refractivity contribution in [3.63, 3.8) is 0 Å². The lowest BCUT2D eigenvalue weighted by molar-refractivity contribution is -0.137. The molecule has 0 fully saturated rings. The molecule has 0 radical (unpaired) electrons. The molecule has 1 aliphatic heterocycles. The Labute approximate surface area is 240 Å². The highest BCUT2D eigenvalue weighted by Gasteiger charge is 2.48. The molecule has 0 saturated heterocycles. The SMILES string of the molecule is CCCC(C)CC1(C)N=C(c2cc(Cl)cc(Cl)c2)C(=O)N1C(CCC)c1ccc(C(=O)NCCC(=O)O)cc1. The molecule has 2 aromatic rings. The summed E-state index contributed by atoms with van der Waals surface area (Å²) >= 11 is 12.6. The first-order chi connectivity index (χ1) is 18.5. The highest BCUT2D eigenvalue weighted by atomic mass is 35.5. The normalized spacial score (nSPS) is 18.6. The van der Waals surface area contributed by atoms with Gasteiger partial charge < -0.3 is 15.3 Å². The summed E-state index contributed by atoms with van der Waals surface area (Å²) in [4.78, 5) is 44.3. The number of halogens is 2. The van der Waals surface area contributed by atoms with Gasteiger partial charge in [-0.05, 0) is 61.6 Å². The van der Waals surface area contributed by atoms with Crippen molar-refractivity contribution in [3.8, 4) is 0 Å². The number of carbonyl (C=O) groups excluding carboxylic acids is 2. The van der Waals surface area contributed by atoms with Crippen molar-refractivity contribution in [2.45, 2.75) is 77.9 Å². The van der Waals surface area contributed by atoms with Crippen LogP contribution < -0.4 is 5.32 Å². The predicted octanol–water partition coefficient (Wildman–Crippen LogP) is 6.91. The quantitative estimate of drug-likeness (QED) is 0.272. The van der Waals surface area contributed by atoms with Gasteiger partial charge in [0.05, 0.1) is 12.5 Å². The van der Waals surface area contributed by atoms with Crippen LogP contribution in [0.2, 0.25) is 10.0 Å². The molecule has 3 unspecified atom stereocenters. The van der Waals surface area contributed by atoms with Crippen LogP contribution in [0.15, 0.2) is 47.5 Å². The number of benzene rings is 2. The molecule has 3 rings (SSSR count). The van der Waals surface area contributed by atoms with Crippen LogP contribution in [0.3, 0.4) is 0 Å². The van der Waals surface area contributed by atoms with Crippen molar-refractivity contribution in [1.29, 1.82) is 0 Å². The fourth-order valence-corrected chi connectivity index (χ4v) is 5.92. The zero-order valence-electron chi connectivity index (χ0n) is 23.0. The molecule has 210 valence electrons. The van der Waals surface area contributed by atoms with Crippen LogP contribution in [0, 0.1) is 5.92 Å². The van der Waals surface area contributed by atoms with Gasteiger partial charge in [0.25, 0.3) is 11.8 Å². The van der Waals surface area contributed by atoms with E-state index < -0.39 is 11.6 Å². The van der Waals surface area contributed by atoms with Crippen LogP contribution in [0.1, 0.15) is 93.7 Å². The number of nitrogens with one attached hydrogen (secondary N) is 1. The van der Waals surface area contributed by atoms with E-state index in [0.29, 0.717) is 45.6 Å². The minimum absolute atomic E-state index is 0.0542. The molecule has 39 heavy (non-hydrogen) atoms. The fraction of sp³-hybridized carbons (Fsp3) is 0.467. The van der Waals surface area contributed by atoms with Crippen LogP contribution >= 0.6 is 23.2 Å². The maximum Gasteiger partial charge on any atom is 0.305 e. The Morgan fingerprint density at radius 3 is 2.23 bits per heavy atom. The van der Waals surface area contributed by atoms with Gasteiger partial charge in [0.1, 0.15) is 11.4 Å². The molecule has 0 spiro atoms. The lowest BCUT2D eigenvalue weighted by atomic mass is 9.90. The van der Waals surface area contributed by atoms with Crippen molar-refractivity contribution in [1.82, 2.24) is 10.2 Å². The molecule has 2 amide bonds. The van der Waals surface area contributed by atoms with E-state index in [-0.39, 0.29) is 30.8 Å². The van der Waals surface area contributed by atoms with Crippen molar-refractivity contribution < 1.29 is 19.5 Å². The summed E-state index contributed by atoms with van der Waals surface area (Å²) in [7, 11) is 0. The van der Waals surface area contributed by atoms with Crippen molar-refractivity contribution in [2.24, 2.45) is 10.9 Å². The standard InChI is InChI=1S/C30H37Cl2N3O4/c1-5-7-19(3)18-30(4)34-27(22-15-23(31)17-24(32)16-22)29(39)35(30)25(8-6-2)20-9-11-21(12-10-20)28(38)33-14-13-26(36)37/h9-12,15-17,19,25H,5-8,13-14,18H2,1-4H3,(H,33,38)(H,36,37). The Morgan fingerprint density at radius 1 is 1.05 bits per heavy atom. The maximum atomic E-state index is 14.1. The van der Waals surface area contributed by atoms with Gasteiger partial charge in [-0.3, -0.25) is 19.4 Å². The molecule has 0 bridgehead atoms. The number of aliphatic carboxylic acids is 1. The van der Waals surface area contributed by atoms with Crippen LogP contribution in [0.4, 0.5) is 0 Å². The number of amides is 2. The number of hydrogen-bond donors (Lipinski definition) is 2. The van der Waals surface area contributed by atoms with Crippen molar-refractivity contribution in [3.05, 3.63) is 69.2 Å². The largest absolute Gasteiger partial charge is 0.481 e. The zero-order chi connectivity index (χ0) is 28.7. The highest BCUT2D eigenvalue weighted by Crippen LogP contribution is 2.42. The third-order valence-corrected chi connectivity index (χ3v) is 7.44. The molecule has 2 aromatic carbocycles. The highest BCUT2D eigenvalue weighted by molar-refractivity contribution is 6.47. The Morgan fingerprint density at radius 2 is 1.67 bits per heavy atom. The molecule has 0 saturated carbocycles. The molecule has 9 heteroatoms. The monoisotopic (exact) mass is 573 g/mol. The Bertz CT molecular complexity index is 1210. The molecular formula is C30H37Cl2N3O4. The number of carbonyl (C=O) groups is 3. The van der Waals surface area contributed by atoms with E-state index >= 15 is 0 Å². The number of hydrogen-bond acceptors (Lipinski definition) is 4. The first-order valence-corrected chi connectivity index (χ1v) is 14.2. The summed E-state index contributed by atoms with van der Waals surface area (Å²) in [6.07, 6.45) is 4.18. The van der Waals surface area contributed by atoms with Crippen LogP contribution in [-0.4, -0.2) is 45.7 Å². The third kappa shape index (κ3) is 7.61. The maximum absolute atomic E-state index is 14.1. The number of carboxylic acids is 1. The molecule has 0 aliphatic carbocycles. The Hall–Kier alpha value is -2.90. The van der Waals surface area contributed by atoms with E-state index in [1.165, 1.54) is 0 Å². The van der Waals surface area contributed by atoms with Gasteiger partial charge in [-0.1, -0.05) is 75.4 Å². The minimum Gasteiger partial charge on any atom is -0.481 e. The third-order valence-electron chi connectivity index (χ3n) is 7.00. The van der Waals surface area contributed by atoms with Crippen LogP contribution in [-0.2, 0) is 9.59 Å². The second-order valence-electron chi connectivity index (χ2n) is 10.4. The van der Waals surface area contributed by atoms with Crippen molar-refractivity contribution >= 4 is 46.7 Å². The van der Waals surface area contributed by atoms with Gasteiger partial charge in [0.15, 0.2) is 0 Å². The lowest BCUT2D eigenvalue weighted by Gasteiger charge is -2.41. The molecule has 1 aliphatic rings. The van der Waals surface area contributed by atoms with Gasteiger partial charge in [0, 0.05) is 27.7 Å². The number of rotatable bonds is 13. The summed E-state index contributed by atoms with van der Waals surface area (Å²) in [6, 6.07) is 12.0. The average Bonchev–Trinajstić information content (AvgIpc) is 3.11. The Kier molecular flexibility index (Phi) is 10.6. The molecular weight excluding hydrogens is 537 g/mol. The van der Waals surface area contributed by atoms with E-state index in [0.717, 1.165) is 24.8 Å². The molecule has 0 aromatic heterocycles.